The van der Waals surface area contributed by atoms with Crippen LogP contribution in [0.15, 0.2) is 0 Å². The van der Waals surface area contributed by atoms with E-state index in [2.05, 4.69) is 4.74 Å². The third kappa shape index (κ3) is 11.4. The van der Waals surface area contributed by atoms with Crippen LogP contribution in [0.25, 0.3) is 0 Å². The van der Waals surface area contributed by atoms with E-state index < -0.39 is 0 Å². The molecule has 0 aromatic heterocycles. The van der Waals surface area contributed by atoms with Crippen molar-refractivity contribution in [2.24, 2.45) is 0 Å². The normalized spacial score (nSPS) is 6.00. The molecular formula is C2H7NaO2. The van der Waals surface area contributed by atoms with E-state index in [0.29, 0.717) is 0 Å². The number of methoxy groups -OCH3 is 1. The molecule has 0 atom stereocenters. The van der Waals surface area contributed by atoms with Crippen molar-refractivity contribution in [3.05, 3.63) is 0 Å². The van der Waals surface area contributed by atoms with E-state index in [1.54, 1.807) is 0 Å². The molecule has 0 spiro atoms. The van der Waals surface area contributed by atoms with Gasteiger partial charge in [-0.2, -0.15) is 0 Å². The molecule has 0 radical (unpaired) electrons. The number of aliphatic hydroxyl groups excluding tert-OH is 1. The molecule has 0 bridgehead atoms. The second kappa shape index (κ2) is 8.87. The van der Waals surface area contributed by atoms with Crippen LogP contribution in [-0.2, 0) is 4.74 Å². The van der Waals surface area contributed by atoms with Gasteiger partial charge in [-0.05, 0) is 0 Å². The van der Waals surface area contributed by atoms with Crippen molar-refractivity contribution in [2.45, 2.75) is 0 Å². The maximum absolute atomic E-state index is 7.65. The van der Waals surface area contributed by atoms with E-state index in [0.717, 1.165) is 0 Å². The molecule has 2 nitrogen and oxygen atoms in total. The molecule has 0 rings (SSSR count). The van der Waals surface area contributed by atoms with Crippen LogP contribution in [0, 0.1) is 0 Å². The molecule has 0 aliphatic heterocycles. The minimum absolute atomic E-state index is 0. The Balaban J connectivity index is 0. The van der Waals surface area contributed by atoms with Crippen LogP contribution in [0.5, 0.6) is 0 Å². The average Bonchev–Trinajstić information content (AvgIpc) is 1.37. The molecule has 0 amide bonds. The molecule has 0 saturated heterocycles. The predicted molar refractivity (Wildman–Crippen MR) is 21.2 cm³/mol. The van der Waals surface area contributed by atoms with Crippen LogP contribution in [0.4, 0.5) is 0 Å². The molecule has 0 aliphatic carbocycles. The number of rotatable bonds is 1. The van der Waals surface area contributed by atoms with Crippen LogP contribution in [0.2, 0.25) is 0 Å². The van der Waals surface area contributed by atoms with E-state index >= 15 is 0 Å². The van der Waals surface area contributed by atoms with Gasteiger partial charge in [0.2, 0.25) is 0 Å². The quantitative estimate of drug-likeness (QED) is 0.325. The number of ether oxygens (including phenoxy) is 1. The Morgan fingerprint density at radius 2 is 2.00 bits per heavy atom. The second-order valence-corrected chi connectivity index (χ2v) is 0.418. The molecule has 5 heavy (non-hydrogen) atoms. The van der Waals surface area contributed by atoms with Crippen molar-refractivity contribution < 1.29 is 9.84 Å². The maximum atomic E-state index is 7.65. The third-order valence-corrected chi connectivity index (χ3v) is 0.129. The fourth-order valence-corrected chi connectivity index (χ4v) is 0. The first kappa shape index (κ1) is 9.33. The molecule has 0 aromatic rings. The Labute approximate surface area is 53.4 Å². The predicted octanol–water partition coefficient (Wildman–Crippen LogP) is -1.07. The van der Waals surface area contributed by atoms with E-state index in [1.807, 2.05) is 0 Å². The summed E-state index contributed by atoms with van der Waals surface area (Å²) in [5, 5.41) is 7.65. The van der Waals surface area contributed by atoms with Gasteiger partial charge in [-0.1, -0.05) is 0 Å². The van der Waals surface area contributed by atoms with Crippen LogP contribution in [0.3, 0.4) is 0 Å². The Morgan fingerprint density at radius 1 is 1.80 bits per heavy atom. The van der Waals surface area contributed by atoms with Gasteiger partial charge in [0.05, 0.1) is 0 Å². The summed E-state index contributed by atoms with van der Waals surface area (Å²) in [7, 11) is 1.43. The molecule has 1 N–H and O–H groups in total. The summed E-state index contributed by atoms with van der Waals surface area (Å²) in [5.41, 5.74) is 0. The Bertz CT molecular complexity index is 9.61. The molecule has 0 heterocycles. The van der Waals surface area contributed by atoms with Crippen LogP contribution in [0.1, 0.15) is 0 Å². The summed E-state index contributed by atoms with van der Waals surface area (Å²) >= 11 is 0. The van der Waals surface area contributed by atoms with Gasteiger partial charge in [0, 0.05) is 7.11 Å². The van der Waals surface area contributed by atoms with Crippen molar-refractivity contribution in [3.63, 3.8) is 0 Å². The fraction of sp³-hybridized carbons (Fsp3) is 1.00. The minimum atomic E-state index is -0.181. The monoisotopic (exact) mass is 86.0 g/mol. The molecule has 0 saturated carbocycles. The second-order valence-electron chi connectivity index (χ2n) is 0.418. The third-order valence-electron chi connectivity index (χ3n) is 0.129. The SMILES string of the molecule is COCO.[NaH]. The zero-order valence-electron chi connectivity index (χ0n) is 2.56. The Kier molecular flexibility index (Phi) is 16.5. The first-order chi connectivity index (χ1) is 1.91. The summed E-state index contributed by atoms with van der Waals surface area (Å²) in [4.78, 5) is 0. The summed E-state index contributed by atoms with van der Waals surface area (Å²) in [6.07, 6.45) is 0. The summed E-state index contributed by atoms with van der Waals surface area (Å²) in [6.45, 7) is -0.181. The van der Waals surface area contributed by atoms with E-state index in [9.17, 15) is 0 Å². The van der Waals surface area contributed by atoms with Crippen molar-refractivity contribution in [1.82, 2.24) is 0 Å². The van der Waals surface area contributed by atoms with E-state index in [1.165, 1.54) is 7.11 Å². The Hall–Kier alpha value is 0.920. The van der Waals surface area contributed by atoms with Crippen molar-refractivity contribution in [1.29, 1.82) is 0 Å². The van der Waals surface area contributed by atoms with Crippen LogP contribution < -0.4 is 0 Å². The molecule has 0 aromatic carbocycles. The molecular weight excluding hydrogens is 79.0 g/mol. The van der Waals surface area contributed by atoms with E-state index in [-0.39, 0.29) is 36.4 Å². The zero-order chi connectivity index (χ0) is 3.41. The van der Waals surface area contributed by atoms with Gasteiger partial charge in [0.1, 0.15) is 6.79 Å². The summed E-state index contributed by atoms with van der Waals surface area (Å²) in [6, 6.07) is 0. The van der Waals surface area contributed by atoms with Gasteiger partial charge in [0.25, 0.3) is 0 Å². The van der Waals surface area contributed by atoms with Gasteiger partial charge >= 0.3 is 29.6 Å². The zero-order valence-corrected chi connectivity index (χ0v) is 2.56. The number of hydrogen-bond donors (Lipinski definition) is 1. The van der Waals surface area contributed by atoms with Crippen molar-refractivity contribution >= 4 is 29.6 Å². The van der Waals surface area contributed by atoms with Gasteiger partial charge in [-0.15, -0.1) is 0 Å². The molecule has 0 aliphatic rings. The summed E-state index contributed by atoms with van der Waals surface area (Å²) < 4.78 is 4.10. The molecule has 3 heteroatoms. The molecule has 0 fully saturated rings. The van der Waals surface area contributed by atoms with Gasteiger partial charge in [0.15, 0.2) is 0 Å². The van der Waals surface area contributed by atoms with Crippen LogP contribution in [-0.4, -0.2) is 48.6 Å². The van der Waals surface area contributed by atoms with E-state index in [4.69, 9.17) is 5.11 Å². The van der Waals surface area contributed by atoms with Gasteiger partial charge < -0.3 is 9.84 Å². The molecule has 28 valence electrons. The molecule has 0 unspecified atom stereocenters. The Morgan fingerprint density at radius 3 is 2.00 bits per heavy atom. The van der Waals surface area contributed by atoms with Crippen molar-refractivity contribution in [3.8, 4) is 0 Å². The number of aliphatic hydroxyl groups is 1. The fourth-order valence-electron chi connectivity index (χ4n) is 0. The van der Waals surface area contributed by atoms with Crippen molar-refractivity contribution in [2.75, 3.05) is 13.9 Å². The van der Waals surface area contributed by atoms with Gasteiger partial charge in [-0.25, -0.2) is 0 Å². The first-order valence-electron chi connectivity index (χ1n) is 1.01. The standard InChI is InChI=1S/C2H6O2.Na.H/c1-4-2-3;;/h3H,2H2,1H3;;. The van der Waals surface area contributed by atoms with Gasteiger partial charge in [-0.3, -0.25) is 0 Å². The summed E-state index contributed by atoms with van der Waals surface area (Å²) in [5.74, 6) is 0. The average molecular weight is 86.1 g/mol. The topological polar surface area (TPSA) is 29.5 Å². The number of hydrogen-bond acceptors (Lipinski definition) is 2. The first-order valence-corrected chi connectivity index (χ1v) is 1.01. The van der Waals surface area contributed by atoms with Crippen LogP contribution >= 0.6 is 0 Å².